The molecule has 2 rings (SSSR count). The summed E-state index contributed by atoms with van der Waals surface area (Å²) >= 11 is 0. The molecule has 3 N–H and O–H groups in total. The van der Waals surface area contributed by atoms with Gasteiger partial charge in [-0.15, -0.1) is 5.92 Å². The van der Waals surface area contributed by atoms with Crippen molar-refractivity contribution in [2.45, 2.75) is 31.5 Å². The molecule has 0 radical (unpaired) electrons. The minimum atomic E-state index is -1.29. The molecule has 0 saturated carbocycles. The summed E-state index contributed by atoms with van der Waals surface area (Å²) < 4.78 is 6.45. The summed E-state index contributed by atoms with van der Waals surface area (Å²) in [4.78, 5) is 24.7. The molecule has 0 amide bonds. The normalized spacial score (nSPS) is 29.4. The van der Waals surface area contributed by atoms with E-state index in [0.717, 1.165) is 10.6 Å². The van der Waals surface area contributed by atoms with E-state index in [1.54, 1.807) is 6.92 Å². The Bertz CT molecular complexity index is 678. The van der Waals surface area contributed by atoms with E-state index in [0.29, 0.717) is 0 Å². The van der Waals surface area contributed by atoms with Crippen molar-refractivity contribution in [2.75, 3.05) is 0 Å². The van der Waals surface area contributed by atoms with Crippen LogP contribution in [0.25, 0.3) is 0 Å². The average molecular weight is 278 g/mol. The van der Waals surface area contributed by atoms with Crippen LogP contribution < -0.4 is 11.2 Å². The van der Waals surface area contributed by atoms with Crippen molar-refractivity contribution in [3.8, 4) is 11.8 Å². The summed E-state index contributed by atoms with van der Waals surface area (Å²) in [5.74, 6) is 5.31. The van der Waals surface area contributed by atoms with Gasteiger partial charge in [-0.05, 0) is 19.1 Å². The molecular weight excluding hydrogens is 264 g/mol. The van der Waals surface area contributed by atoms with Crippen molar-refractivity contribution in [2.24, 2.45) is 0 Å². The molecular formula is C13H14N2O5. The summed E-state index contributed by atoms with van der Waals surface area (Å²) in [5, 5.41) is 19.8. The molecule has 1 aliphatic heterocycles. The van der Waals surface area contributed by atoms with Crippen molar-refractivity contribution < 1.29 is 14.9 Å². The molecule has 1 saturated heterocycles. The number of rotatable bonds is 2. The third kappa shape index (κ3) is 2.72. The summed E-state index contributed by atoms with van der Waals surface area (Å²) in [6.45, 7) is 1.66. The fourth-order valence-corrected chi connectivity index (χ4v) is 1.93. The minimum Gasteiger partial charge on any atom is -0.387 e. The fourth-order valence-electron chi connectivity index (χ4n) is 1.93. The summed E-state index contributed by atoms with van der Waals surface area (Å²) in [6, 6.07) is 1.13. The Balaban J connectivity index is 2.27. The van der Waals surface area contributed by atoms with Gasteiger partial charge in [0, 0.05) is 12.3 Å². The van der Waals surface area contributed by atoms with Crippen molar-refractivity contribution >= 4 is 0 Å². The molecule has 1 fully saturated rings. The molecule has 1 aromatic rings. The number of allylic oxidation sites excluding steroid dienone is 1. The first kappa shape index (κ1) is 14.3. The van der Waals surface area contributed by atoms with Crippen molar-refractivity contribution in [3.05, 3.63) is 45.3 Å². The Morgan fingerprint density at radius 1 is 1.40 bits per heavy atom. The average Bonchev–Trinajstić information content (AvgIpc) is 2.68. The van der Waals surface area contributed by atoms with Crippen LogP contribution in [0.1, 0.15) is 13.2 Å². The van der Waals surface area contributed by atoms with Gasteiger partial charge in [0.05, 0.1) is 0 Å². The van der Waals surface area contributed by atoms with Gasteiger partial charge in [-0.1, -0.05) is 5.92 Å². The second kappa shape index (κ2) is 5.88. The maximum Gasteiger partial charge on any atom is 0.330 e. The van der Waals surface area contributed by atoms with Gasteiger partial charge in [0.1, 0.15) is 18.3 Å². The second-order valence-electron chi connectivity index (χ2n) is 4.24. The van der Waals surface area contributed by atoms with E-state index in [-0.39, 0.29) is 0 Å². The van der Waals surface area contributed by atoms with Crippen LogP contribution in [-0.2, 0) is 4.74 Å². The van der Waals surface area contributed by atoms with Crippen LogP contribution in [0.2, 0.25) is 0 Å². The fraction of sp³-hybridized carbons (Fsp3) is 0.385. The molecule has 20 heavy (non-hydrogen) atoms. The van der Waals surface area contributed by atoms with E-state index in [9.17, 15) is 19.8 Å². The Hall–Kier alpha value is -2.14. The van der Waals surface area contributed by atoms with E-state index in [2.05, 4.69) is 16.8 Å². The molecule has 0 aromatic carbocycles. The van der Waals surface area contributed by atoms with Gasteiger partial charge in [-0.3, -0.25) is 14.3 Å². The highest BCUT2D eigenvalue weighted by Gasteiger charge is 2.42. The van der Waals surface area contributed by atoms with Gasteiger partial charge in [0.2, 0.25) is 0 Å². The molecule has 106 valence electrons. The Labute approximate surface area is 114 Å². The van der Waals surface area contributed by atoms with E-state index in [1.165, 1.54) is 18.3 Å². The Morgan fingerprint density at radius 2 is 2.15 bits per heavy atom. The van der Waals surface area contributed by atoms with E-state index >= 15 is 0 Å². The maximum absolute atomic E-state index is 11.6. The first-order chi connectivity index (χ1) is 9.54. The highest BCUT2D eigenvalue weighted by atomic mass is 16.6. The molecule has 4 atom stereocenters. The van der Waals surface area contributed by atoms with Crippen LogP contribution >= 0.6 is 0 Å². The molecule has 0 spiro atoms. The number of aliphatic hydroxyl groups is 2. The maximum atomic E-state index is 11.6. The number of nitrogens with zero attached hydrogens (tertiary/aromatic N) is 1. The molecule has 1 aliphatic rings. The van der Waals surface area contributed by atoms with Gasteiger partial charge in [-0.25, -0.2) is 4.79 Å². The van der Waals surface area contributed by atoms with Crippen LogP contribution in [-0.4, -0.2) is 38.1 Å². The highest BCUT2D eigenvalue weighted by molar-refractivity contribution is 5.17. The Morgan fingerprint density at radius 3 is 2.80 bits per heavy atom. The summed E-state index contributed by atoms with van der Waals surface area (Å²) in [6.07, 6.45) is -0.121. The van der Waals surface area contributed by atoms with Crippen LogP contribution in [0.3, 0.4) is 0 Å². The predicted octanol–water partition coefficient (Wildman–Crippen LogP) is -1.26. The predicted molar refractivity (Wildman–Crippen MR) is 69.8 cm³/mol. The largest absolute Gasteiger partial charge is 0.387 e. The lowest BCUT2D eigenvalue weighted by Crippen LogP contribution is -2.37. The Kier molecular flexibility index (Phi) is 4.20. The molecule has 7 heteroatoms. The molecule has 1 aromatic heterocycles. The number of ether oxygens (including phenoxy) is 1. The first-order valence-electron chi connectivity index (χ1n) is 5.96. The third-order valence-electron chi connectivity index (χ3n) is 2.91. The zero-order chi connectivity index (χ0) is 14.7. The topological polar surface area (TPSA) is 105 Å². The third-order valence-corrected chi connectivity index (χ3v) is 2.91. The number of aromatic amines is 1. The lowest BCUT2D eigenvalue weighted by atomic mass is 10.1. The number of aromatic nitrogens is 2. The van der Waals surface area contributed by atoms with Crippen molar-refractivity contribution in [3.63, 3.8) is 0 Å². The van der Waals surface area contributed by atoms with Crippen molar-refractivity contribution in [1.82, 2.24) is 9.55 Å². The molecule has 0 unspecified atom stereocenters. The lowest BCUT2D eigenvalue weighted by Gasteiger charge is -2.16. The molecule has 0 aliphatic carbocycles. The van der Waals surface area contributed by atoms with E-state index in [4.69, 9.17) is 4.74 Å². The van der Waals surface area contributed by atoms with E-state index < -0.39 is 35.8 Å². The number of nitrogens with one attached hydrogen (secondary N) is 1. The van der Waals surface area contributed by atoms with Gasteiger partial charge < -0.3 is 14.9 Å². The van der Waals surface area contributed by atoms with Gasteiger partial charge in [0.25, 0.3) is 5.56 Å². The molecule has 0 bridgehead atoms. The SMILES string of the molecule is CC#C/C=C/[C@H]1O[C@@H](n2ccc(=O)[nH]c2=O)[C@H](O)[C@@H]1O. The summed E-state index contributed by atoms with van der Waals surface area (Å²) in [5.41, 5.74) is -1.26. The monoisotopic (exact) mass is 278 g/mol. The number of hydrogen-bond donors (Lipinski definition) is 3. The highest BCUT2D eigenvalue weighted by Crippen LogP contribution is 2.28. The first-order valence-corrected chi connectivity index (χ1v) is 5.96. The van der Waals surface area contributed by atoms with Crippen LogP contribution in [0, 0.1) is 11.8 Å². The number of hydrogen-bond acceptors (Lipinski definition) is 5. The van der Waals surface area contributed by atoms with Gasteiger partial charge >= 0.3 is 5.69 Å². The standard InChI is InChI=1S/C13H14N2O5/c1-2-3-4-5-8-10(17)11(18)12(20-8)15-7-6-9(16)14-13(15)19/h4-8,10-12,17-18H,1H3,(H,14,16,19)/b5-4+/t8-,10-,11-,12-/m1/s1. The zero-order valence-corrected chi connectivity index (χ0v) is 10.7. The second-order valence-corrected chi connectivity index (χ2v) is 4.24. The molecule has 2 heterocycles. The van der Waals surface area contributed by atoms with Crippen LogP contribution in [0.5, 0.6) is 0 Å². The van der Waals surface area contributed by atoms with Gasteiger partial charge in [0.15, 0.2) is 6.23 Å². The molecule has 7 nitrogen and oxygen atoms in total. The lowest BCUT2D eigenvalue weighted by molar-refractivity contribution is -0.0297. The zero-order valence-electron chi connectivity index (χ0n) is 10.7. The van der Waals surface area contributed by atoms with Gasteiger partial charge in [-0.2, -0.15) is 0 Å². The minimum absolute atomic E-state index is 0.547. The summed E-state index contributed by atoms with van der Waals surface area (Å²) in [7, 11) is 0. The number of H-pyrrole nitrogens is 1. The smallest absolute Gasteiger partial charge is 0.330 e. The van der Waals surface area contributed by atoms with Crippen LogP contribution in [0.15, 0.2) is 34.0 Å². The van der Waals surface area contributed by atoms with Crippen molar-refractivity contribution in [1.29, 1.82) is 0 Å². The van der Waals surface area contributed by atoms with E-state index in [1.807, 2.05) is 0 Å². The quantitative estimate of drug-likeness (QED) is 0.585. The van der Waals surface area contributed by atoms with Crippen LogP contribution in [0.4, 0.5) is 0 Å². The number of aliphatic hydroxyl groups excluding tert-OH is 2.